The van der Waals surface area contributed by atoms with Crippen LogP contribution in [0.15, 0.2) is 41.3 Å². The van der Waals surface area contributed by atoms with Gasteiger partial charge in [0.25, 0.3) is 0 Å². The van der Waals surface area contributed by atoms with Gasteiger partial charge in [0.1, 0.15) is 17.5 Å². The number of phosphoric acid groups is 1. The number of hydrogen-bond acceptors (Lipinski definition) is 11. The fraction of sp³-hybridized carbons (Fsp3) is 0.613. The molecule has 254 valence electrons. The standard InChI is InChI=1S/C31H41F2N2O10P/c1-5-6-7-8-9-10-15-25(36)43-27-24(20-41-46(39)40-19-21-13-11-12-14-23(21)45-46)42-28(31(27,32)33)35-17-16-22(34-29(35)38)18-26(37)44-30(2,3)4/h11-14,16-17,24,27-28H,5-10,15,18-20H2,1-4H3/t24-,27-,28-,46?/m1/s1. The average molecular weight is 671 g/mol. The number of aromatic nitrogens is 2. The Kier molecular flexibility index (Phi) is 11.7. The SMILES string of the molecule is CCCCCCCCC(=O)O[C@@H]1[C@@H](COP2(=O)OCc3ccccc3O2)O[C@@H](n2ccc(CC(=O)OC(C)(C)C)nc2=O)C1(F)F. The van der Waals surface area contributed by atoms with Crippen LogP contribution in [-0.4, -0.2) is 51.8 Å². The Bertz CT molecular complexity index is 1480. The van der Waals surface area contributed by atoms with Crippen LogP contribution in [0.25, 0.3) is 0 Å². The quantitative estimate of drug-likeness (QED) is 0.132. The molecule has 0 spiro atoms. The fourth-order valence-electron chi connectivity index (χ4n) is 4.98. The molecular formula is C31H41F2N2O10P. The Morgan fingerprint density at radius 3 is 2.52 bits per heavy atom. The number of carbonyl (C=O) groups excluding carboxylic acids is 2. The molecule has 12 nitrogen and oxygen atoms in total. The summed E-state index contributed by atoms with van der Waals surface area (Å²) in [5, 5.41) is 0. The van der Waals surface area contributed by atoms with E-state index in [1.807, 2.05) is 0 Å². The normalized spacial score (nSPS) is 23.7. The van der Waals surface area contributed by atoms with Crippen molar-refractivity contribution in [2.24, 2.45) is 0 Å². The lowest BCUT2D eigenvalue weighted by atomic mass is 10.1. The van der Waals surface area contributed by atoms with Crippen molar-refractivity contribution >= 4 is 19.8 Å². The molecule has 4 atom stereocenters. The molecule has 0 bridgehead atoms. The number of alkyl halides is 2. The van der Waals surface area contributed by atoms with Crippen molar-refractivity contribution in [2.45, 2.75) is 116 Å². The van der Waals surface area contributed by atoms with Gasteiger partial charge in [-0.05, 0) is 39.3 Å². The molecule has 1 saturated heterocycles. The molecule has 0 radical (unpaired) electrons. The summed E-state index contributed by atoms with van der Waals surface area (Å²) in [7, 11) is -4.26. The predicted octanol–water partition coefficient (Wildman–Crippen LogP) is 6.06. The number of halogens is 2. The van der Waals surface area contributed by atoms with E-state index in [4.69, 9.17) is 27.8 Å². The van der Waals surface area contributed by atoms with Gasteiger partial charge < -0.3 is 18.7 Å². The summed E-state index contributed by atoms with van der Waals surface area (Å²) in [6.07, 6.45) is -0.362. The zero-order chi connectivity index (χ0) is 33.5. The second-order valence-corrected chi connectivity index (χ2v) is 13.8. The molecule has 2 aromatic rings. The van der Waals surface area contributed by atoms with E-state index in [-0.39, 0.29) is 30.9 Å². The minimum absolute atomic E-state index is 0.00332. The molecule has 0 amide bonds. The van der Waals surface area contributed by atoms with E-state index < -0.39 is 62.0 Å². The van der Waals surface area contributed by atoms with Gasteiger partial charge in [0.15, 0.2) is 6.10 Å². The zero-order valence-corrected chi connectivity index (χ0v) is 27.3. The number of unbranched alkanes of at least 4 members (excludes halogenated alkanes) is 5. The maximum Gasteiger partial charge on any atom is 0.530 e. The molecule has 1 aromatic heterocycles. The third-order valence-corrected chi connectivity index (χ3v) is 8.52. The highest BCUT2D eigenvalue weighted by molar-refractivity contribution is 7.49. The van der Waals surface area contributed by atoms with Gasteiger partial charge in [-0.15, -0.1) is 0 Å². The Morgan fingerprint density at radius 1 is 1.09 bits per heavy atom. The van der Waals surface area contributed by atoms with Gasteiger partial charge in [-0.25, -0.2) is 9.36 Å². The number of hydrogen-bond donors (Lipinski definition) is 0. The van der Waals surface area contributed by atoms with Gasteiger partial charge in [0.05, 0.1) is 25.3 Å². The molecule has 3 heterocycles. The average Bonchev–Trinajstić information content (AvgIpc) is 3.21. The molecule has 1 fully saturated rings. The van der Waals surface area contributed by atoms with Crippen LogP contribution in [0.1, 0.15) is 90.1 Å². The molecule has 46 heavy (non-hydrogen) atoms. The highest BCUT2D eigenvalue weighted by atomic mass is 31.2. The Labute approximate surface area is 266 Å². The summed E-state index contributed by atoms with van der Waals surface area (Å²) >= 11 is 0. The van der Waals surface area contributed by atoms with Crippen LogP contribution in [0.3, 0.4) is 0 Å². The molecule has 2 aliphatic rings. The van der Waals surface area contributed by atoms with Gasteiger partial charge in [0, 0.05) is 18.2 Å². The molecule has 4 rings (SSSR count). The minimum atomic E-state index is -4.26. The molecule has 0 aliphatic carbocycles. The van der Waals surface area contributed by atoms with Crippen molar-refractivity contribution in [3.8, 4) is 5.75 Å². The van der Waals surface area contributed by atoms with Crippen molar-refractivity contribution in [3.05, 3.63) is 58.3 Å². The molecule has 1 unspecified atom stereocenters. The van der Waals surface area contributed by atoms with E-state index in [2.05, 4.69) is 11.9 Å². The lowest BCUT2D eigenvalue weighted by Gasteiger charge is -2.27. The van der Waals surface area contributed by atoms with Gasteiger partial charge in [-0.3, -0.25) is 23.2 Å². The van der Waals surface area contributed by atoms with Crippen molar-refractivity contribution in [3.63, 3.8) is 0 Å². The van der Waals surface area contributed by atoms with E-state index in [0.29, 0.717) is 16.6 Å². The number of phosphoric ester groups is 1. The van der Waals surface area contributed by atoms with Gasteiger partial charge in [-0.1, -0.05) is 57.2 Å². The van der Waals surface area contributed by atoms with E-state index in [0.717, 1.165) is 38.3 Å². The molecule has 0 N–H and O–H groups in total. The van der Waals surface area contributed by atoms with Crippen molar-refractivity contribution < 1.29 is 50.7 Å². The van der Waals surface area contributed by atoms with Gasteiger partial charge in [-0.2, -0.15) is 13.8 Å². The number of esters is 2. The number of ether oxygens (including phenoxy) is 3. The van der Waals surface area contributed by atoms with Crippen LogP contribution in [0.4, 0.5) is 8.78 Å². The third kappa shape index (κ3) is 9.43. The summed E-state index contributed by atoms with van der Waals surface area (Å²) in [4.78, 5) is 41.6. The lowest BCUT2D eigenvalue weighted by Crippen LogP contribution is -2.44. The van der Waals surface area contributed by atoms with Crippen molar-refractivity contribution in [1.82, 2.24) is 9.55 Å². The van der Waals surface area contributed by atoms with Crippen LogP contribution < -0.4 is 10.2 Å². The van der Waals surface area contributed by atoms with Crippen LogP contribution >= 0.6 is 7.82 Å². The maximum absolute atomic E-state index is 16.0. The van der Waals surface area contributed by atoms with Crippen LogP contribution in [0.2, 0.25) is 0 Å². The molecule has 0 saturated carbocycles. The Morgan fingerprint density at radius 2 is 1.80 bits per heavy atom. The van der Waals surface area contributed by atoms with Crippen LogP contribution in [0.5, 0.6) is 5.75 Å². The van der Waals surface area contributed by atoms with Gasteiger partial charge >= 0.3 is 31.4 Å². The first-order valence-corrected chi connectivity index (χ1v) is 16.9. The van der Waals surface area contributed by atoms with Crippen molar-refractivity contribution in [2.75, 3.05) is 6.61 Å². The number of benzene rings is 1. The summed E-state index contributed by atoms with van der Waals surface area (Å²) in [6.45, 7) is 6.22. The van der Waals surface area contributed by atoms with Crippen LogP contribution in [-0.2, 0) is 50.4 Å². The Balaban J connectivity index is 1.50. The molecule has 2 aliphatic heterocycles. The third-order valence-electron chi connectivity index (χ3n) is 7.19. The first kappa shape index (κ1) is 35.7. The number of carbonyl (C=O) groups is 2. The molecule has 1 aromatic carbocycles. The summed E-state index contributed by atoms with van der Waals surface area (Å²) < 4.78 is 77.8. The molecule has 15 heteroatoms. The monoisotopic (exact) mass is 670 g/mol. The second kappa shape index (κ2) is 15.1. The number of para-hydroxylation sites is 1. The number of nitrogens with zero attached hydrogens (tertiary/aromatic N) is 2. The first-order chi connectivity index (χ1) is 21.7. The van der Waals surface area contributed by atoms with E-state index in [1.54, 1.807) is 45.0 Å². The largest absolute Gasteiger partial charge is 0.530 e. The number of fused-ring (bicyclic) bond motifs is 1. The Hall–Kier alpha value is -3.19. The van der Waals surface area contributed by atoms with E-state index in [1.165, 1.54) is 6.07 Å². The minimum Gasteiger partial charge on any atom is -0.460 e. The van der Waals surface area contributed by atoms with E-state index >= 15 is 8.78 Å². The number of rotatable bonds is 14. The highest BCUT2D eigenvalue weighted by Gasteiger charge is 2.63. The highest BCUT2D eigenvalue weighted by Crippen LogP contribution is 2.55. The van der Waals surface area contributed by atoms with Gasteiger partial charge in [0.2, 0.25) is 6.23 Å². The predicted molar refractivity (Wildman–Crippen MR) is 160 cm³/mol. The summed E-state index contributed by atoms with van der Waals surface area (Å²) in [5.41, 5.74) is -1.28. The summed E-state index contributed by atoms with van der Waals surface area (Å²) in [5.74, 6) is -5.23. The first-order valence-electron chi connectivity index (χ1n) is 15.4. The zero-order valence-electron chi connectivity index (χ0n) is 26.4. The molecular weight excluding hydrogens is 629 g/mol. The smallest absolute Gasteiger partial charge is 0.460 e. The topological polar surface area (TPSA) is 141 Å². The second-order valence-electron chi connectivity index (χ2n) is 12.2. The summed E-state index contributed by atoms with van der Waals surface area (Å²) in [6, 6.07) is 7.87. The fourth-order valence-corrected chi connectivity index (χ4v) is 6.21. The van der Waals surface area contributed by atoms with Crippen molar-refractivity contribution in [1.29, 1.82) is 0 Å². The maximum atomic E-state index is 16.0. The van der Waals surface area contributed by atoms with E-state index in [9.17, 15) is 18.9 Å². The lowest BCUT2D eigenvalue weighted by molar-refractivity contribution is -0.176. The van der Waals surface area contributed by atoms with Crippen LogP contribution in [0, 0.1) is 0 Å².